The molecule has 0 bridgehead atoms. The number of carbonyl (C=O) groups is 3. The van der Waals surface area contributed by atoms with Gasteiger partial charge in [-0.25, -0.2) is 8.42 Å². The molecule has 12 heteroatoms. The van der Waals surface area contributed by atoms with Gasteiger partial charge in [-0.1, -0.05) is 43.2 Å². The first kappa shape index (κ1) is 35.1. The summed E-state index contributed by atoms with van der Waals surface area (Å²) in [6, 6.07) is 14.8. The fraction of sp³-hybridized carbons (Fsp3) is 0.441. The van der Waals surface area contributed by atoms with Crippen molar-refractivity contribution in [1.29, 1.82) is 0 Å². The van der Waals surface area contributed by atoms with Crippen LogP contribution < -0.4 is 25.6 Å². The first-order chi connectivity index (χ1) is 21.9. The lowest BCUT2D eigenvalue weighted by Crippen LogP contribution is -2.50. The predicted molar refractivity (Wildman–Crippen MR) is 184 cm³/mol. The Morgan fingerprint density at radius 1 is 0.957 bits per heavy atom. The Hall–Kier alpha value is -3.74. The van der Waals surface area contributed by atoms with Crippen molar-refractivity contribution in [2.75, 3.05) is 30.7 Å². The molecule has 1 aliphatic carbocycles. The van der Waals surface area contributed by atoms with Crippen LogP contribution in [0.4, 0.5) is 5.69 Å². The molecule has 248 valence electrons. The van der Waals surface area contributed by atoms with Crippen LogP contribution in [0.15, 0.2) is 65.4 Å². The van der Waals surface area contributed by atoms with Crippen LogP contribution in [0, 0.1) is 5.92 Å². The maximum Gasteiger partial charge on any atom is 0.251 e. The van der Waals surface area contributed by atoms with Crippen LogP contribution in [-0.2, 0) is 21.2 Å². The Kier molecular flexibility index (Phi) is 12.4. The third kappa shape index (κ3) is 10.1. The van der Waals surface area contributed by atoms with Gasteiger partial charge >= 0.3 is 0 Å². The number of amides is 3. The van der Waals surface area contributed by atoms with Crippen molar-refractivity contribution in [1.82, 2.24) is 21.3 Å². The second-order valence-electron chi connectivity index (χ2n) is 12.1. The number of hydrogen-bond donors (Lipinski definition) is 4. The fourth-order valence-electron chi connectivity index (χ4n) is 5.50. The highest BCUT2D eigenvalue weighted by atomic mass is 32.2. The number of benzene rings is 2. The highest BCUT2D eigenvalue weighted by molar-refractivity contribution is 7.92. The molecule has 10 nitrogen and oxygen atoms in total. The molecule has 1 fully saturated rings. The maximum atomic E-state index is 13.8. The molecule has 0 aliphatic heterocycles. The van der Waals surface area contributed by atoms with Crippen molar-refractivity contribution in [3.8, 4) is 0 Å². The highest BCUT2D eigenvalue weighted by Crippen LogP contribution is 2.24. The molecule has 1 unspecified atom stereocenters. The lowest BCUT2D eigenvalue weighted by molar-refractivity contribution is -0.122. The Morgan fingerprint density at radius 2 is 1.61 bits per heavy atom. The smallest absolute Gasteiger partial charge is 0.251 e. The number of thiophene rings is 1. The molecular formula is C34H45N5O5S2. The molecule has 1 heterocycles. The quantitative estimate of drug-likeness (QED) is 0.191. The predicted octanol–water partition coefficient (Wildman–Crippen LogP) is 4.26. The molecule has 3 aromatic rings. The number of carbonyl (C=O) groups excluding carboxylic acids is 3. The van der Waals surface area contributed by atoms with E-state index in [2.05, 4.69) is 21.3 Å². The van der Waals surface area contributed by atoms with E-state index in [0.717, 1.165) is 34.5 Å². The number of sulfonamides is 1. The zero-order valence-corrected chi connectivity index (χ0v) is 28.5. The van der Waals surface area contributed by atoms with E-state index in [9.17, 15) is 22.8 Å². The van der Waals surface area contributed by atoms with E-state index >= 15 is 0 Å². The van der Waals surface area contributed by atoms with Crippen LogP contribution in [0.2, 0.25) is 0 Å². The summed E-state index contributed by atoms with van der Waals surface area (Å²) in [5.74, 6) is -0.452. The highest BCUT2D eigenvalue weighted by Gasteiger charge is 2.23. The van der Waals surface area contributed by atoms with E-state index in [1.165, 1.54) is 49.4 Å². The van der Waals surface area contributed by atoms with Gasteiger partial charge in [0.05, 0.1) is 24.0 Å². The van der Waals surface area contributed by atoms with Gasteiger partial charge in [0.2, 0.25) is 15.9 Å². The van der Waals surface area contributed by atoms with Gasteiger partial charge in [-0.3, -0.25) is 18.7 Å². The number of nitrogens with one attached hydrogen (secondary N) is 4. The minimum atomic E-state index is -3.68. The SMILES string of the molecule is CC(NC(=O)c1cc(C(=O)N[C@H](CN[C@@H](C)C(=O)NCC2CCCC2)Cc2ccccc2)cc(N(C)S(C)(=O)=O)c1)c1ccsc1. The molecule has 46 heavy (non-hydrogen) atoms. The van der Waals surface area contributed by atoms with Crippen molar-refractivity contribution in [3.63, 3.8) is 0 Å². The molecule has 0 saturated heterocycles. The molecule has 0 spiro atoms. The van der Waals surface area contributed by atoms with E-state index < -0.39 is 33.9 Å². The molecule has 1 saturated carbocycles. The van der Waals surface area contributed by atoms with Gasteiger partial charge < -0.3 is 21.3 Å². The van der Waals surface area contributed by atoms with Crippen LogP contribution >= 0.6 is 11.3 Å². The Morgan fingerprint density at radius 3 is 2.22 bits per heavy atom. The van der Waals surface area contributed by atoms with Gasteiger partial charge in [0, 0.05) is 37.3 Å². The van der Waals surface area contributed by atoms with Gasteiger partial charge in [0.15, 0.2) is 0 Å². The van der Waals surface area contributed by atoms with E-state index in [-0.39, 0.29) is 28.8 Å². The molecule has 1 aliphatic rings. The van der Waals surface area contributed by atoms with Crippen molar-refractivity contribution in [2.45, 2.75) is 64.1 Å². The fourth-order valence-corrected chi connectivity index (χ4v) is 6.74. The standard InChI is InChI=1S/C34H45N5O5S2/c1-23(27-14-15-45-22-27)37-33(41)28-17-29(19-31(18-28)39(3)46(4,43)44)34(42)38-30(16-25-10-6-5-7-11-25)21-35-24(2)32(40)36-20-26-12-8-9-13-26/h5-7,10-11,14-15,17-19,22-24,26,30,35H,8-9,12-13,16,20-21H2,1-4H3,(H,36,40)(H,37,41)(H,38,42)/t23?,24-,30-/m0/s1. The van der Waals surface area contributed by atoms with Gasteiger partial charge in [0.1, 0.15) is 0 Å². The minimum Gasteiger partial charge on any atom is -0.354 e. The normalized spacial score (nSPS) is 15.5. The van der Waals surface area contributed by atoms with Crippen LogP contribution in [0.5, 0.6) is 0 Å². The molecule has 3 atom stereocenters. The zero-order valence-electron chi connectivity index (χ0n) is 26.9. The lowest BCUT2D eigenvalue weighted by atomic mass is 10.0. The van der Waals surface area contributed by atoms with Crippen LogP contribution in [0.1, 0.15) is 77.4 Å². The number of anilines is 1. The van der Waals surface area contributed by atoms with Crippen molar-refractivity contribution in [2.24, 2.45) is 5.92 Å². The second-order valence-corrected chi connectivity index (χ2v) is 14.9. The van der Waals surface area contributed by atoms with E-state index in [1.807, 2.05) is 54.1 Å². The summed E-state index contributed by atoms with van der Waals surface area (Å²) >= 11 is 1.52. The zero-order chi connectivity index (χ0) is 33.3. The molecule has 2 aromatic carbocycles. The van der Waals surface area contributed by atoms with E-state index in [4.69, 9.17) is 0 Å². The summed E-state index contributed by atoms with van der Waals surface area (Å²) in [5, 5.41) is 16.2. The molecular weight excluding hydrogens is 623 g/mol. The van der Waals surface area contributed by atoms with Crippen LogP contribution in [0.25, 0.3) is 0 Å². The monoisotopic (exact) mass is 667 g/mol. The van der Waals surface area contributed by atoms with Gasteiger partial charge in [-0.15, -0.1) is 0 Å². The topological polar surface area (TPSA) is 137 Å². The molecule has 1 aromatic heterocycles. The first-order valence-electron chi connectivity index (χ1n) is 15.7. The summed E-state index contributed by atoms with van der Waals surface area (Å²) in [7, 11) is -2.30. The number of rotatable bonds is 15. The summed E-state index contributed by atoms with van der Waals surface area (Å²) < 4.78 is 25.9. The van der Waals surface area contributed by atoms with Crippen molar-refractivity contribution in [3.05, 3.63) is 87.6 Å². The third-order valence-electron chi connectivity index (χ3n) is 8.46. The Balaban J connectivity index is 1.52. The Bertz CT molecular complexity index is 1570. The number of hydrogen-bond acceptors (Lipinski definition) is 7. The van der Waals surface area contributed by atoms with Crippen molar-refractivity contribution >= 4 is 44.8 Å². The lowest BCUT2D eigenvalue weighted by Gasteiger charge is -2.23. The first-order valence-corrected chi connectivity index (χ1v) is 18.5. The maximum absolute atomic E-state index is 13.8. The van der Waals surface area contributed by atoms with Gasteiger partial charge in [-0.2, -0.15) is 11.3 Å². The molecule has 0 radical (unpaired) electrons. The van der Waals surface area contributed by atoms with Crippen LogP contribution in [0.3, 0.4) is 0 Å². The average Bonchev–Trinajstić information content (AvgIpc) is 3.77. The summed E-state index contributed by atoms with van der Waals surface area (Å²) in [6.07, 6.45) is 6.26. The van der Waals surface area contributed by atoms with Crippen LogP contribution in [-0.4, -0.2) is 64.6 Å². The third-order valence-corrected chi connectivity index (χ3v) is 10.4. The molecule has 4 N–H and O–H groups in total. The summed E-state index contributed by atoms with van der Waals surface area (Å²) in [6.45, 7) is 4.65. The second kappa shape index (κ2) is 16.2. The summed E-state index contributed by atoms with van der Waals surface area (Å²) in [5.41, 5.74) is 2.43. The van der Waals surface area contributed by atoms with Gasteiger partial charge in [0.25, 0.3) is 11.8 Å². The summed E-state index contributed by atoms with van der Waals surface area (Å²) in [4.78, 5) is 39.9. The Labute approximate surface area is 276 Å². The minimum absolute atomic E-state index is 0.0828. The largest absolute Gasteiger partial charge is 0.354 e. The van der Waals surface area contributed by atoms with Gasteiger partial charge in [-0.05, 0) is 85.2 Å². The number of nitrogens with zero attached hydrogens (tertiary/aromatic N) is 1. The van der Waals surface area contributed by atoms with E-state index in [1.54, 1.807) is 6.92 Å². The molecule has 4 rings (SSSR count). The molecule has 3 amide bonds. The van der Waals surface area contributed by atoms with Crippen molar-refractivity contribution < 1.29 is 22.8 Å². The average molecular weight is 668 g/mol. The van der Waals surface area contributed by atoms with E-state index in [0.29, 0.717) is 25.4 Å².